The molecule has 0 amide bonds. The number of nitrogens with one attached hydrogen (secondary N) is 1. The van der Waals surface area contributed by atoms with Crippen molar-refractivity contribution in [2.24, 2.45) is 0 Å². The summed E-state index contributed by atoms with van der Waals surface area (Å²) in [5, 5.41) is 8.43. The molecule has 1 aromatic heterocycles. The van der Waals surface area contributed by atoms with E-state index in [4.69, 9.17) is 0 Å². The Morgan fingerprint density at radius 1 is 1.19 bits per heavy atom. The van der Waals surface area contributed by atoms with E-state index in [9.17, 15) is 4.79 Å². The second kappa shape index (κ2) is 4.92. The minimum atomic E-state index is -0.102. The second-order valence-corrected chi connectivity index (χ2v) is 4.00. The molecule has 0 atom stereocenters. The van der Waals surface area contributed by atoms with Crippen molar-refractivity contribution in [3.05, 3.63) is 40.3 Å². The quantitative estimate of drug-likeness (QED) is 0.798. The molecule has 1 aromatic carbocycles. The Hall–Kier alpha value is -1.64. The predicted octanol–water partition coefficient (Wildman–Crippen LogP) is 2.66. The van der Waals surface area contributed by atoms with Crippen LogP contribution >= 0.6 is 0 Å². The van der Waals surface area contributed by atoms with Gasteiger partial charge >= 0.3 is 0 Å². The van der Waals surface area contributed by atoms with Crippen LogP contribution in [0.4, 0.5) is 0 Å². The molecular formula is C13H16N2O. The highest BCUT2D eigenvalue weighted by Crippen LogP contribution is 2.14. The van der Waals surface area contributed by atoms with Gasteiger partial charge < -0.3 is 0 Å². The number of rotatable bonds is 4. The molecule has 84 valence electrons. The number of hydrogen-bond acceptors (Lipinski definition) is 2. The summed E-state index contributed by atoms with van der Waals surface area (Å²) >= 11 is 0. The van der Waals surface area contributed by atoms with E-state index in [1.54, 1.807) is 0 Å². The number of aromatic amines is 1. The highest BCUT2D eigenvalue weighted by atomic mass is 16.1. The lowest BCUT2D eigenvalue weighted by atomic mass is 10.1. The molecule has 2 rings (SSSR count). The van der Waals surface area contributed by atoms with Crippen molar-refractivity contribution in [3.8, 4) is 0 Å². The average molecular weight is 216 g/mol. The number of aromatic nitrogens is 2. The topological polar surface area (TPSA) is 45.8 Å². The Morgan fingerprint density at radius 3 is 2.69 bits per heavy atom. The first kappa shape index (κ1) is 10.9. The maximum atomic E-state index is 11.5. The maximum Gasteiger partial charge on any atom is 0.272 e. The number of benzene rings is 1. The van der Waals surface area contributed by atoms with Gasteiger partial charge in [0.25, 0.3) is 5.56 Å². The van der Waals surface area contributed by atoms with Crippen molar-refractivity contribution in [2.45, 2.75) is 32.6 Å². The molecule has 0 unspecified atom stereocenters. The Kier molecular flexibility index (Phi) is 3.34. The molecule has 2 aromatic rings. The monoisotopic (exact) mass is 216 g/mol. The van der Waals surface area contributed by atoms with Gasteiger partial charge in [-0.2, -0.15) is 5.10 Å². The van der Waals surface area contributed by atoms with Crippen LogP contribution in [0.3, 0.4) is 0 Å². The van der Waals surface area contributed by atoms with Crippen molar-refractivity contribution in [1.82, 2.24) is 10.2 Å². The van der Waals surface area contributed by atoms with Gasteiger partial charge in [-0.05, 0) is 18.9 Å². The molecule has 0 bridgehead atoms. The normalized spacial score (nSPS) is 10.8. The lowest BCUT2D eigenvalue weighted by Crippen LogP contribution is -2.10. The van der Waals surface area contributed by atoms with Crippen molar-refractivity contribution >= 4 is 10.8 Å². The van der Waals surface area contributed by atoms with Gasteiger partial charge in [0.2, 0.25) is 0 Å². The summed E-state index contributed by atoms with van der Waals surface area (Å²) in [6.45, 7) is 2.18. The molecule has 0 aliphatic carbocycles. The predicted molar refractivity (Wildman–Crippen MR) is 65.6 cm³/mol. The molecule has 1 N–H and O–H groups in total. The molecule has 0 radical (unpaired) electrons. The van der Waals surface area contributed by atoms with Crippen LogP contribution in [0.1, 0.15) is 31.9 Å². The van der Waals surface area contributed by atoms with Crippen LogP contribution in [0.15, 0.2) is 29.1 Å². The fraction of sp³-hybridized carbons (Fsp3) is 0.385. The fourth-order valence-corrected chi connectivity index (χ4v) is 1.90. The van der Waals surface area contributed by atoms with E-state index in [0.717, 1.165) is 29.3 Å². The standard InChI is InChI=1S/C13H16N2O/c1-2-3-4-9-12-10-7-5-6-8-11(10)13(16)15-14-12/h5-8H,2-4,9H2,1H3,(H,15,16). The van der Waals surface area contributed by atoms with E-state index in [2.05, 4.69) is 17.1 Å². The van der Waals surface area contributed by atoms with Gasteiger partial charge in [0, 0.05) is 5.39 Å². The SMILES string of the molecule is CCCCCc1n[nH]c(=O)c2ccccc12. The van der Waals surface area contributed by atoms with E-state index in [1.165, 1.54) is 12.8 Å². The number of fused-ring (bicyclic) bond motifs is 1. The van der Waals surface area contributed by atoms with Gasteiger partial charge in [0.1, 0.15) is 0 Å². The largest absolute Gasteiger partial charge is 0.272 e. The summed E-state index contributed by atoms with van der Waals surface area (Å²) in [6.07, 6.45) is 4.46. The zero-order valence-corrected chi connectivity index (χ0v) is 9.49. The summed E-state index contributed by atoms with van der Waals surface area (Å²) < 4.78 is 0. The summed E-state index contributed by atoms with van der Waals surface area (Å²) in [7, 11) is 0. The van der Waals surface area contributed by atoms with Gasteiger partial charge in [0.05, 0.1) is 11.1 Å². The minimum Gasteiger partial charge on any atom is -0.267 e. The smallest absolute Gasteiger partial charge is 0.267 e. The Bertz CT molecular complexity index is 531. The molecule has 0 aliphatic heterocycles. The third kappa shape index (κ3) is 2.13. The zero-order chi connectivity index (χ0) is 11.4. The van der Waals surface area contributed by atoms with Crippen LogP contribution < -0.4 is 5.56 Å². The molecule has 3 heteroatoms. The Balaban J connectivity index is 2.38. The van der Waals surface area contributed by atoms with Crippen molar-refractivity contribution in [2.75, 3.05) is 0 Å². The van der Waals surface area contributed by atoms with E-state index < -0.39 is 0 Å². The van der Waals surface area contributed by atoms with Gasteiger partial charge in [-0.1, -0.05) is 38.0 Å². The van der Waals surface area contributed by atoms with E-state index in [1.807, 2.05) is 24.3 Å². The highest BCUT2D eigenvalue weighted by molar-refractivity contribution is 5.83. The third-order valence-corrected chi connectivity index (χ3v) is 2.79. The van der Waals surface area contributed by atoms with E-state index >= 15 is 0 Å². The number of aryl methyl sites for hydroxylation is 1. The lowest BCUT2D eigenvalue weighted by molar-refractivity contribution is 0.702. The van der Waals surface area contributed by atoms with Crippen LogP contribution in [0.2, 0.25) is 0 Å². The van der Waals surface area contributed by atoms with Crippen molar-refractivity contribution < 1.29 is 0 Å². The van der Waals surface area contributed by atoms with Gasteiger partial charge in [0.15, 0.2) is 0 Å². The van der Waals surface area contributed by atoms with Crippen molar-refractivity contribution in [3.63, 3.8) is 0 Å². The first-order valence-electron chi connectivity index (χ1n) is 5.79. The molecular weight excluding hydrogens is 200 g/mol. The Morgan fingerprint density at radius 2 is 1.94 bits per heavy atom. The van der Waals surface area contributed by atoms with Crippen LogP contribution in [-0.4, -0.2) is 10.2 Å². The average Bonchev–Trinajstić information content (AvgIpc) is 2.33. The van der Waals surface area contributed by atoms with Crippen LogP contribution in [0, 0.1) is 0 Å². The number of H-pyrrole nitrogens is 1. The highest BCUT2D eigenvalue weighted by Gasteiger charge is 2.04. The summed E-state index contributed by atoms with van der Waals surface area (Å²) in [4.78, 5) is 11.5. The number of unbranched alkanes of at least 4 members (excludes halogenated alkanes) is 2. The molecule has 0 saturated carbocycles. The summed E-state index contributed by atoms with van der Waals surface area (Å²) in [6, 6.07) is 7.65. The number of hydrogen-bond donors (Lipinski definition) is 1. The molecule has 0 saturated heterocycles. The molecule has 0 spiro atoms. The molecule has 3 nitrogen and oxygen atoms in total. The van der Waals surface area contributed by atoms with Crippen LogP contribution in [-0.2, 0) is 6.42 Å². The van der Waals surface area contributed by atoms with Crippen LogP contribution in [0.5, 0.6) is 0 Å². The minimum absolute atomic E-state index is 0.102. The fourth-order valence-electron chi connectivity index (χ4n) is 1.90. The molecule has 0 fully saturated rings. The molecule has 0 aliphatic rings. The van der Waals surface area contributed by atoms with Crippen molar-refractivity contribution in [1.29, 1.82) is 0 Å². The molecule has 16 heavy (non-hydrogen) atoms. The van der Waals surface area contributed by atoms with E-state index in [-0.39, 0.29) is 5.56 Å². The van der Waals surface area contributed by atoms with Gasteiger partial charge in [-0.15, -0.1) is 0 Å². The van der Waals surface area contributed by atoms with Gasteiger partial charge in [-0.3, -0.25) is 4.79 Å². The second-order valence-electron chi connectivity index (χ2n) is 4.00. The van der Waals surface area contributed by atoms with Gasteiger partial charge in [-0.25, -0.2) is 5.10 Å². The van der Waals surface area contributed by atoms with Crippen LogP contribution in [0.25, 0.3) is 10.8 Å². The first-order valence-corrected chi connectivity index (χ1v) is 5.79. The lowest BCUT2D eigenvalue weighted by Gasteiger charge is -2.03. The summed E-state index contributed by atoms with van der Waals surface area (Å²) in [5.41, 5.74) is 0.901. The molecule has 1 heterocycles. The zero-order valence-electron chi connectivity index (χ0n) is 9.49. The third-order valence-electron chi connectivity index (χ3n) is 2.79. The Labute approximate surface area is 94.5 Å². The number of nitrogens with zero attached hydrogens (tertiary/aromatic N) is 1. The van der Waals surface area contributed by atoms with E-state index in [0.29, 0.717) is 0 Å². The maximum absolute atomic E-state index is 11.5. The first-order chi connectivity index (χ1) is 7.83. The summed E-state index contributed by atoms with van der Waals surface area (Å²) in [5.74, 6) is 0.